The van der Waals surface area contributed by atoms with Gasteiger partial charge in [0.05, 0.1) is 48.6 Å². The second-order valence-electron chi connectivity index (χ2n) is 21.0. The highest BCUT2D eigenvalue weighted by Gasteiger charge is 2.62. The topological polar surface area (TPSA) is 199 Å². The number of cyclic esters (lactones) is 1. The summed E-state index contributed by atoms with van der Waals surface area (Å²) in [5, 5.41) is 34.5. The lowest BCUT2D eigenvalue weighted by molar-refractivity contribution is -0.339. The molecule has 4 aliphatic rings. The molecule has 0 radical (unpaired) electrons. The fourth-order valence-corrected chi connectivity index (χ4v) is 11.7. The molecule has 4 fully saturated rings. The summed E-state index contributed by atoms with van der Waals surface area (Å²) in [4.78, 5) is 51.1. The third-order valence-electron chi connectivity index (χ3n) is 16.1. The quantitative estimate of drug-likeness (QED) is 0.179. The second-order valence-corrected chi connectivity index (χ2v) is 21.0. The molecule has 18 heteroatoms. The van der Waals surface area contributed by atoms with Gasteiger partial charge in [-0.1, -0.05) is 41.5 Å². The molecule has 4 rings (SSSR count). The van der Waals surface area contributed by atoms with Gasteiger partial charge in [-0.15, -0.1) is 0 Å². The molecule has 4 saturated heterocycles. The molecule has 0 spiro atoms. The zero-order valence-corrected chi connectivity index (χ0v) is 44.0. The van der Waals surface area contributed by atoms with Crippen molar-refractivity contribution in [1.29, 1.82) is 0 Å². The van der Waals surface area contributed by atoms with Gasteiger partial charge in [0.25, 0.3) is 0 Å². The minimum atomic E-state index is -1.48. The van der Waals surface area contributed by atoms with E-state index in [0.29, 0.717) is 13.0 Å². The number of ketones is 1. The molecule has 0 aromatic heterocycles. The van der Waals surface area contributed by atoms with E-state index < -0.39 is 107 Å². The number of likely N-dealkylation sites (N-methyl/N-ethyl adjacent to an activating group) is 3. The molecule has 0 bridgehead atoms. The number of ether oxygens (including phenoxy) is 8. The van der Waals surface area contributed by atoms with Crippen LogP contribution in [0.2, 0.25) is 0 Å². The Morgan fingerprint density at radius 3 is 2.06 bits per heavy atom. The zero-order chi connectivity index (χ0) is 50.6. The van der Waals surface area contributed by atoms with Crippen molar-refractivity contribution in [3.05, 3.63) is 0 Å². The average molecular weight is 959 g/mol. The maximum Gasteiger partial charge on any atom is 0.411 e. The number of hydrogen-bond acceptors (Lipinski definition) is 17. The average Bonchev–Trinajstić information content (AvgIpc) is 3.53. The molecule has 390 valence electrons. The van der Waals surface area contributed by atoms with Gasteiger partial charge in [0.1, 0.15) is 29.2 Å². The van der Waals surface area contributed by atoms with E-state index in [0.717, 1.165) is 19.6 Å². The fourth-order valence-electron chi connectivity index (χ4n) is 11.7. The number of carbonyl (C=O) groups excluding carboxylic acids is 3. The summed E-state index contributed by atoms with van der Waals surface area (Å²) < 4.78 is 52.2. The van der Waals surface area contributed by atoms with Crippen molar-refractivity contribution in [2.24, 2.45) is 23.7 Å². The maximum absolute atomic E-state index is 14.9. The number of fused-ring (bicyclic) bond motifs is 1. The van der Waals surface area contributed by atoms with Gasteiger partial charge in [-0.2, -0.15) is 0 Å². The number of amides is 1. The maximum atomic E-state index is 14.9. The van der Waals surface area contributed by atoms with Gasteiger partial charge in [0.15, 0.2) is 18.2 Å². The summed E-state index contributed by atoms with van der Waals surface area (Å²) >= 11 is 0. The van der Waals surface area contributed by atoms with Crippen molar-refractivity contribution in [2.45, 2.75) is 192 Å². The zero-order valence-electron chi connectivity index (χ0n) is 44.0. The van der Waals surface area contributed by atoms with E-state index in [4.69, 9.17) is 37.9 Å². The number of nitrogens with zero attached hydrogens (tertiary/aromatic N) is 4. The Morgan fingerprint density at radius 2 is 1.51 bits per heavy atom. The first-order chi connectivity index (χ1) is 31.3. The van der Waals surface area contributed by atoms with Crippen LogP contribution in [0.3, 0.4) is 0 Å². The van der Waals surface area contributed by atoms with Gasteiger partial charge in [-0.3, -0.25) is 14.5 Å². The van der Waals surface area contributed by atoms with Gasteiger partial charge in [-0.25, -0.2) is 4.79 Å². The number of carbonyl (C=O) groups is 3. The Kier molecular flexibility index (Phi) is 20.1. The largest absolute Gasteiger partial charge is 0.458 e. The van der Waals surface area contributed by atoms with Crippen molar-refractivity contribution < 1.29 is 67.6 Å². The smallest absolute Gasteiger partial charge is 0.411 e. The third kappa shape index (κ3) is 12.0. The molecular weight excluding hydrogens is 869 g/mol. The molecule has 0 aliphatic carbocycles. The molecule has 3 N–H and O–H groups in total. The third-order valence-corrected chi connectivity index (χ3v) is 16.1. The minimum absolute atomic E-state index is 0.0795. The normalized spacial score (nSPS) is 42.8. The molecule has 18 atom stereocenters. The van der Waals surface area contributed by atoms with Crippen molar-refractivity contribution in [3.8, 4) is 0 Å². The summed E-state index contributed by atoms with van der Waals surface area (Å²) in [6.45, 7) is 25.4. The lowest BCUT2D eigenvalue weighted by Crippen LogP contribution is -2.70. The first-order valence-electron chi connectivity index (χ1n) is 24.8. The molecule has 0 aromatic rings. The van der Waals surface area contributed by atoms with Gasteiger partial charge in [0, 0.05) is 70.6 Å². The molecule has 1 amide bonds. The van der Waals surface area contributed by atoms with Crippen LogP contribution in [0.5, 0.6) is 0 Å². The lowest BCUT2D eigenvalue weighted by Gasteiger charge is -2.54. The summed E-state index contributed by atoms with van der Waals surface area (Å²) in [5.41, 5.74) is -5.43. The molecule has 4 heterocycles. The highest BCUT2D eigenvalue weighted by atomic mass is 16.7. The number of esters is 1. The van der Waals surface area contributed by atoms with Crippen LogP contribution in [0.15, 0.2) is 0 Å². The summed E-state index contributed by atoms with van der Waals surface area (Å²) in [6, 6.07) is -1.21. The highest BCUT2D eigenvalue weighted by molar-refractivity contribution is 5.85. The van der Waals surface area contributed by atoms with Crippen LogP contribution in [0.25, 0.3) is 0 Å². The van der Waals surface area contributed by atoms with Crippen LogP contribution >= 0.6 is 0 Å². The van der Waals surface area contributed by atoms with E-state index in [2.05, 4.69) is 23.6 Å². The predicted octanol–water partition coefficient (Wildman–Crippen LogP) is 3.54. The van der Waals surface area contributed by atoms with E-state index >= 15 is 0 Å². The van der Waals surface area contributed by atoms with Crippen molar-refractivity contribution in [3.63, 3.8) is 0 Å². The first-order valence-corrected chi connectivity index (χ1v) is 24.8. The van der Waals surface area contributed by atoms with E-state index in [1.807, 2.05) is 67.6 Å². The van der Waals surface area contributed by atoms with Crippen LogP contribution in [-0.4, -0.2) is 218 Å². The van der Waals surface area contributed by atoms with E-state index in [1.54, 1.807) is 34.8 Å². The fraction of sp³-hybridized carbons (Fsp3) is 0.939. The van der Waals surface area contributed by atoms with Crippen LogP contribution in [-0.2, 0) is 47.5 Å². The summed E-state index contributed by atoms with van der Waals surface area (Å²) in [7, 11) is 8.85. The molecule has 4 aliphatic heterocycles. The van der Waals surface area contributed by atoms with Crippen LogP contribution in [0.1, 0.15) is 109 Å². The molecular formula is C49H90N4O14. The highest BCUT2D eigenvalue weighted by Crippen LogP contribution is 2.46. The number of methoxy groups -OCH3 is 2. The summed E-state index contributed by atoms with van der Waals surface area (Å²) in [6.07, 6.45) is -7.12. The van der Waals surface area contributed by atoms with Gasteiger partial charge in [-0.05, 0) is 95.0 Å². The van der Waals surface area contributed by atoms with E-state index in [1.165, 1.54) is 12.0 Å². The Hall–Kier alpha value is -2.07. The Balaban J connectivity index is 1.87. The number of rotatable bonds is 17. The van der Waals surface area contributed by atoms with E-state index in [-0.39, 0.29) is 56.9 Å². The molecule has 0 unspecified atom stereocenters. The number of aliphatic hydroxyl groups excluding tert-OH is 2. The van der Waals surface area contributed by atoms with Gasteiger partial charge < -0.3 is 67.9 Å². The van der Waals surface area contributed by atoms with Crippen molar-refractivity contribution in [1.82, 2.24) is 19.6 Å². The van der Waals surface area contributed by atoms with Crippen LogP contribution < -0.4 is 0 Å². The van der Waals surface area contributed by atoms with E-state index in [9.17, 15) is 29.7 Å². The number of β-amino-alcohol motifs (C(OH)–C–C–N with tert-alkyl or cyclic N) is 1. The Labute approximate surface area is 401 Å². The van der Waals surface area contributed by atoms with Crippen LogP contribution in [0, 0.1) is 23.7 Å². The Morgan fingerprint density at radius 1 is 0.866 bits per heavy atom. The number of Topliss-reactive ketones (excluding diaryl/α,β-unsaturated/α-hetero) is 1. The molecule has 18 nitrogen and oxygen atoms in total. The van der Waals surface area contributed by atoms with Gasteiger partial charge in [0.2, 0.25) is 0 Å². The van der Waals surface area contributed by atoms with Crippen molar-refractivity contribution in [2.75, 3.05) is 81.2 Å². The molecule has 0 saturated carbocycles. The monoisotopic (exact) mass is 959 g/mol. The first kappa shape index (κ1) is 57.5. The predicted molar refractivity (Wildman–Crippen MR) is 251 cm³/mol. The Bertz CT molecular complexity index is 1630. The van der Waals surface area contributed by atoms with Crippen LogP contribution in [0.4, 0.5) is 4.79 Å². The minimum Gasteiger partial charge on any atom is -0.458 e. The SMILES string of the molecule is CC[C@H]1OC(=O)[C@H](C)[C@@H](O[C@H]2C[C@@](C)(OC)[C@@](O)(CN(C)CCN(CC)CC)[C@H](C)O2)[C@H](C)[C@@H](O[C@@H]2O[C@H](C)C[C@H](N(C)C)[C@H]2O)[C@@](C)(OC)C[C@@H](C)C(=O)[C@H](C)[C@H]2N(CCO)C(=O)O[C@]12C. The van der Waals surface area contributed by atoms with Gasteiger partial charge >= 0.3 is 12.1 Å². The number of aliphatic hydroxyl groups is 3. The molecule has 67 heavy (non-hydrogen) atoms. The molecule has 0 aromatic carbocycles. The number of hydrogen-bond donors (Lipinski definition) is 3. The van der Waals surface area contributed by atoms with Crippen molar-refractivity contribution >= 4 is 17.8 Å². The summed E-state index contributed by atoms with van der Waals surface area (Å²) in [5.74, 6) is -4.16. The standard InChI is InChI=1S/C49H90N4O14/c1-18-36-48(12)41(53(23-24-54)45(58)67-48)31(6)38(55)29(4)26-46(10,60-16)42(66-44-39(56)35(50(13)14)25-30(5)62-44)32(7)40(33(8)43(57)64-36)65-37-27-47(11,61-17)49(59,34(9)63-37)28-51(15)21-22-52(19-2)20-3/h29-37,39-42,44,54,56,59H,18-28H2,1-17H3/t29-,30-,31+,32+,33-,34+,35+,36-,37+,39-,40+,41-,42-,44+,46+,47-,48-,49-/m1/s1. The second kappa shape index (κ2) is 23.4. The lowest BCUT2D eigenvalue weighted by atomic mass is 9.73.